The van der Waals surface area contributed by atoms with Crippen LogP contribution in [-0.4, -0.2) is 22.9 Å². The van der Waals surface area contributed by atoms with Crippen molar-refractivity contribution in [2.24, 2.45) is 0 Å². The predicted molar refractivity (Wildman–Crippen MR) is 96.1 cm³/mol. The second-order valence-electron chi connectivity index (χ2n) is 5.62. The molecule has 0 radical (unpaired) electrons. The number of methoxy groups -OCH3 is 1. The second kappa shape index (κ2) is 7.66. The van der Waals surface area contributed by atoms with Crippen molar-refractivity contribution in [1.82, 2.24) is 9.78 Å². The number of ether oxygens (including phenoxy) is 1. The summed E-state index contributed by atoms with van der Waals surface area (Å²) in [5.41, 5.74) is 2.02. The number of rotatable bonds is 5. The number of nitrogens with zero attached hydrogens (tertiary/aromatic N) is 2. The first-order valence-corrected chi connectivity index (χ1v) is 8.15. The number of aromatic nitrogens is 2. The first-order chi connectivity index (χ1) is 12.5. The topological polar surface area (TPSA) is 44.1 Å². The molecule has 0 bridgehead atoms. The van der Waals surface area contributed by atoms with Gasteiger partial charge in [0.05, 0.1) is 24.9 Å². The average molecular weight is 377 g/mol. The minimum Gasteiger partial charge on any atom is -0.466 e. The molecule has 0 atom stereocenters. The molecule has 2 aromatic carbocycles. The molecule has 3 rings (SSSR count). The van der Waals surface area contributed by atoms with Crippen molar-refractivity contribution in [2.75, 3.05) is 7.11 Å². The Bertz CT molecular complexity index is 999. The quantitative estimate of drug-likeness (QED) is 0.485. The lowest BCUT2D eigenvalue weighted by molar-refractivity contribution is -0.134. The lowest BCUT2D eigenvalue weighted by atomic mass is 10.1. The number of benzene rings is 2. The molecule has 0 amide bonds. The van der Waals surface area contributed by atoms with Crippen molar-refractivity contribution >= 4 is 34.5 Å². The molecule has 0 fully saturated rings. The molecule has 0 saturated carbocycles. The van der Waals surface area contributed by atoms with Crippen LogP contribution in [0.4, 0.5) is 8.78 Å². The zero-order chi connectivity index (χ0) is 18.7. The summed E-state index contributed by atoms with van der Waals surface area (Å²) in [5, 5.41) is 5.45. The van der Waals surface area contributed by atoms with Crippen molar-refractivity contribution < 1.29 is 18.3 Å². The highest BCUT2D eigenvalue weighted by Gasteiger charge is 2.12. The number of fused-ring (bicyclic) bond motifs is 1. The molecule has 0 unspecified atom stereocenters. The van der Waals surface area contributed by atoms with E-state index in [1.54, 1.807) is 35.0 Å². The third kappa shape index (κ3) is 3.75. The van der Waals surface area contributed by atoms with E-state index < -0.39 is 18.5 Å². The maximum atomic E-state index is 14.1. The molecule has 1 heterocycles. The van der Waals surface area contributed by atoms with Gasteiger partial charge in [0.2, 0.25) is 0 Å². The lowest BCUT2D eigenvalue weighted by Gasteiger charge is -2.06. The van der Waals surface area contributed by atoms with E-state index in [1.165, 1.54) is 25.3 Å². The van der Waals surface area contributed by atoms with Crippen molar-refractivity contribution in [3.05, 3.63) is 70.1 Å². The Morgan fingerprint density at radius 3 is 2.81 bits per heavy atom. The van der Waals surface area contributed by atoms with Crippen molar-refractivity contribution in [3.63, 3.8) is 0 Å². The summed E-state index contributed by atoms with van der Waals surface area (Å²) < 4.78 is 33.3. The highest BCUT2D eigenvalue weighted by molar-refractivity contribution is 6.30. The normalized spacial score (nSPS) is 11.4. The van der Waals surface area contributed by atoms with Gasteiger partial charge in [0.25, 0.3) is 0 Å². The van der Waals surface area contributed by atoms with Crippen molar-refractivity contribution in [2.45, 2.75) is 13.2 Å². The fourth-order valence-electron chi connectivity index (χ4n) is 2.60. The van der Waals surface area contributed by atoms with Crippen LogP contribution in [0.3, 0.4) is 0 Å². The number of hydrogen-bond acceptors (Lipinski definition) is 3. The minimum absolute atomic E-state index is 0.140. The van der Waals surface area contributed by atoms with Crippen LogP contribution in [0.2, 0.25) is 5.02 Å². The maximum absolute atomic E-state index is 14.1. The number of alkyl halides is 1. The Hall–Kier alpha value is -2.73. The van der Waals surface area contributed by atoms with E-state index in [0.717, 1.165) is 5.39 Å². The molecular formula is C19H15ClF2N2O2. The third-order valence-electron chi connectivity index (χ3n) is 3.91. The van der Waals surface area contributed by atoms with Gasteiger partial charge in [-0.2, -0.15) is 5.10 Å². The van der Waals surface area contributed by atoms with E-state index in [0.29, 0.717) is 27.4 Å². The van der Waals surface area contributed by atoms with Crippen LogP contribution in [0.15, 0.2) is 42.5 Å². The monoisotopic (exact) mass is 376 g/mol. The Morgan fingerprint density at radius 1 is 1.31 bits per heavy atom. The number of esters is 1. The van der Waals surface area contributed by atoms with E-state index in [2.05, 4.69) is 9.84 Å². The molecule has 0 saturated heterocycles. The summed E-state index contributed by atoms with van der Waals surface area (Å²) >= 11 is 5.79. The Balaban J connectivity index is 2.08. The molecule has 3 aromatic rings. The Labute approximate surface area is 153 Å². The van der Waals surface area contributed by atoms with Gasteiger partial charge in [0, 0.05) is 22.0 Å². The highest BCUT2D eigenvalue weighted by atomic mass is 35.5. The van der Waals surface area contributed by atoms with Gasteiger partial charge in [-0.1, -0.05) is 29.8 Å². The lowest BCUT2D eigenvalue weighted by Crippen LogP contribution is -2.04. The molecule has 0 aliphatic rings. The summed E-state index contributed by atoms with van der Waals surface area (Å²) in [6.45, 7) is -0.481. The van der Waals surface area contributed by atoms with Gasteiger partial charge in [0.15, 0.2) is 0 Å². The van der Waals surface area contributed by atoms with Crippen molar-refractivity contribution in [1.29, 1.82) is 0 Å². The summed E-state index contributed by atoms with van der Waals surface area (Å²) in [4.78, 5) is 11.3. The van der Waals surface area contributed by atoms with E-state index in [4.69, 9.17) is 11.6 Å². The fourth-order valence-corrected chi connectivity index (χ4v) is 2.76. The fraction of sp³-hybridized carbons (Fsp3) is 0.158. The average Bonchev–Trinajstić information content (AvgIpc) is 2.98. The van der Waals surface area contributed by atoms with Gasteiger partial charge in [-0.05, 0) is 29.8 Å². The van der Waals surface area contributed by atoms with E-state index in [1.807, 2.05) is 0 Å². The molecular weight excluding hydrogens is 362 g/mol. The second-order valence-corrected chi connectivity index (χ2v) is 6.06. The number of carbonyl (C=O) groups excluding carboxylic acids is 1. The van der Waals surface area contributed by atoms with Gasteiger partial charge >= 0.3 is 5.97 Å². The standard InChI is InChI=1S/C19H15ClF2N2O2/c1-26-19(25)7-6-17-15-5-2-12(10-21)8-18(15)24(23-17)11-13-3-4-14(20)9-16(13)22/h2-9H,10-11H2,1H3. The van der Waals surface area contributed by atoms with E-state index in [9.17, 15) is 13.6 Å². The van der Waals surface area contributed by atoms with Gasteiger partial charge < -0.3 is 4.74 Å². The number of hydrogen-bond donors (Lipinski definition) is 0. The Morgan fingerprint density at radius 2 is 2.12 bits per heavy atom. The molecule has 0 aliphatic heterocycles. The Kier molecular flexibility index (Phi) is 5.32. The summed E-state index contributed by atoms with van der Waals surface area (Å²) in [7, 11) is 1.28. The first-order valence-electron chi connectivity index (χ1n) is 7.77. The third-order valence-corrected chi connectivity index (χ3v) is 4.15. The van der Waals surface area contributed by atoms with Crippen LogP contribution in [-0.2, 0) is 22.8 Å². The van der Waals surface area contributed by atoms with E-state index in [-0.39, 0.29) is 6.54 Å². The molecule has 7 heteroatoms. The van der Waals surface area contributed by atoms with Crippen molar-refractivity contribution in [3.8, 4) is 0 Å². The number of halogens is 3. The summed E-state index contributed by atoms with van der Waals surface area (Å²) in [5.74, 6) is -0.966. The SMILES string of the molecule is COC(=O)C=Cc1nn(Cc2ccc(Cl)cc2F)c2cc(CF)ccc12. The van der Waals surface area contributed by atoms with Crippen LogP contribution in [0.1, 0.15) is 16.8 Å². The van der Waals surface area contributed by atoms with Gasteiger partial charge in [-0.3, -0.25) is 4.68 Å². The largest absolute Gasteiger partial charge is 0.466 e. The molecule has 134 valence electrons. The molecule has 0 spiro atoms. The zero-order valence-corrected chi connectivity index (χ0v) is 14.6. The van der Waals surface area contributed by atoms with Gasteiger partial charge in [0.1, 0.15) is 12.5 Å². The van der Waals surface area contributed by atoms with Crippen LogP contribution in [0, 0.1) is 5.82 Å². The minimum atomic E-state index is -0.621. The predicted octanol–water partition coefficient (Wildman–Crippen LogP) is 4.53. The molecule has 26 heavy (non-hydrogen) atoms. The molecule has 0 aliphatic carbocycles. The van der Waals surface area contributed by atoms with Crippen LogP contribution in [0.25, 0.3) is 17.0 Å². The molecule has 0 N–H and O–H groups in total. The van der Waals surface area contributed by atoms with Gasteiger partial charge in [-0.15, -0.1) is 0 Å². The van der Waals surface area contributed by atoms with Crippen LogP contribution in [0.5, 0.6) is 0 Å². The molecule has 1 aromatic heterocycles. The van der Waals surface area contributed by atoms with Crippen LogP contribution >= 0.6 is 11.6 Å². The number of carbonyl (C=O) groups is 1. The van der Waals surface area contributed by atoms with Crippen LogP contribution < -0.4 is 0 Å². The maximum Gasteiger partial charge on any atom is 0.330 e. The van der Waals surface area contributed by atoms with E-state index >= 15 is 0 Å². The first kappa shape index (κ1) is 18.1. The highest BCUT2D eigenvalue weighted by Crippen LogP contribution is 2.24. The zero-order valence-electron chi connectivity index (χ0n) is 13.9. The smallest absolute Gasteiger partial charge is 0.330 e. The summed E-state index contributed by atoms with van der Waals surface area (Å²) in [6.07, 6.45) is 2.76. The van der Waals surface area contributed by atoms with Gasteiger partial charge in [-0.25, -0.2) is 13.6 Å². The molecule has 4 nitrogen and oxygen atoms in total. The summed E-state index contributed by atoms with van der Waals surface area (Å²) in [6, 6.07) is 9.43.